The molecule has 0 bridgehead atoms. The lowest BCUT2D eigenvalue weighted by Gasteiger charge is -2.18. The van der Waals surface area contributed by atoms with Crippen molar-refractivity contribution < 1.29 is 28.6 Å². The van der Waals surface area contributed by atoms with Crippen molar-refractivity contribution in [2.45, 2.75) is 232 Å². The largest absolute Gasteiger partial charge is 0.462 e. The van der Waals surface area contributed by atoms with Crippen LogP contribution in [0.1, 0.15) is 226 Å². The van der Waals surface area contributed by atoms with Crippen molar-refractivity contribution in [2.75, 3.05) is 13.2 Å². The van der Waals surface area contributed by atoms with Crippen LogP contribution in [0.2, 0.25) is 0 Å². The monoisotopic (exact) mass is 953 g/mol. The van der Waals surface area contributed by atoms with Gasteiger partial charge < -0.3 is 14.2 Å². The summed E-state index contributed by atoms with van der Waals surface area (Å²) in [5.41, 5.74) is 0. The quantitative estimate of drug-likeness (QED) is 0.0262. The molecule has 0 aromatic rings. The van der Waals surface area contributed by atoms with Crippen molar-refractivity contribution in [1.82, 2.24) is 0 Å². The highest BCUT2D eigenvalue weighted by Gasteiger charge is 2.19. The van der Waals surface area contributed by atoms with Gasteiger partial charge in [-0.25, -0.2) is 0 Å². The molecule has 1 unspecified atom stereocenters. The van der Waals surface area contributed by atoms with Crippen LogP contribution >= 0.6 is 0 Å². The molecule has 69 heavy (non-hydrogen) atoms. The zero-order valence-corrected chi connectivity index (χ0v) is 44.3. The van der Waals surface area contributed by atoms with Gasteiger partial charge in [0, 0.05) is 19.3 Å². The fraction of sp³-hybridized carbons (Fsp3) is 0.603. The summed E-state index contributed by atoms with van der Waals surface area (Å²) < 4.78 is 16.7. The third-order valence-electron chi connectivity index (χ3n) is 11.1. The second kappa shape index (κ2) is 56.1. The van der Waals surface area contributed by atoms with Crippen molar-refractivity contribution in [2.24, 2.45) is 0 Å². The van der Waals surface area contributed by atoms with E-state index in [4.69, 9.17) is 14.2 Å². The lowest BCUT2D eigenvalue weighted by Crippen LogP contribution is -2.30. The molecule has 6 nitrogen and oxygen atoms in total. The van der Waals surface area contributed by atoms with Crippen LogP contribution in [0.3, 0.4) is 0 Å². The van der Waals surface area contributed by atoms with Gasteiger partial charge in [0.25, 0.3) is 0 Å². The second-order valence-electron chi connectivity index (χ2n) is 17.7. The average Bonchev–Trinajstić information content (AvgIpc) is 3.35. The Morgan fingerprint density at radius 3 is 0.971 bits per heavy atom. The number of esters is 3. The molecule has 0 rings (SSSR count). The Labute approximate surface area is 424 Å². The van der Waals surface area contributed by atoms with Crippen LogP contribution in [-0.4, -0.2) is 37.2 Å². The van der Waals surface area contributed by atoms with E-state index in [-0.39, 0.29) is 38.0 Å². The molecule has 0 aromatic carbocycles. The molecule has 388 valence electrons. The first kappa shape index (κ1) is 64.5. The van der Waals surface area contributed by atoms with Crippen LogP contribution in [-0.2, 0) is 28.6 Å². The van der Waals surface area contributed by atoms with E-state index >= 15 is 0 Å². The normalized spacial score (nSPS) is 13.1. The average molecular weight is 953 g/mol. The van der Waals surface area contributed by atoms with Crippen molar-refractivity contribution >= 4 is 17.9 Å². The van der Waals surface area contributed by atoms with E-state index < -0.39 is 12.1 Å². The van der Waals surface area contributed by atoms with Gasteiger partial charge in [-0.05, 0) is 109 Å². The Morgan fingerprint density at radius 2 is 0.594 bits per heavy atom. The van der Waals surface area contributed by atoms with E-state index in [2.05, 4.69) is 130 Å². The van der Waals surface area contributed by atoms with Gasteiger partial charge in [-0.1, -0.05) is 231 Å². The number of hydrogen-bond acceptors (Lipinski definition) is 6. The highest BCUT2D eigenvalue weighted by molar-refractivity contribution is 5.71. The number of rotatable bonds is 48. The highest BCUT2D eigenvalue weighted by Crippen LogP contribution is 2.13. The summed E-state index contributed by atoms with van der Waals surface area (Å²) in [7, 11) is 0. The topological polar surface area (TPSA) is 78.9 Å². The zero-order chi connectivity index (χ0) is 50.0. The Morgan fingerprint density at radius 1 is 0.304 bits per heavy atom. The summed E-state index contributed by atoms with van der Waals surface area (Å²) in [5, 5.41) is 0. The second-order valence-corrected chi connectivity index (χ2v) is 17.7. The minimum absolute atomic E-state index is 0.135. The molecular weight excluding hydrogens is 853 g/mol. The summed E-state index contributed by atoms with van der Waals surface area (Å²) in [4.78, 5) is 38.0. The molecule has 0 saturated heterocycles. The summed E-state index contributed by atoms with van der Waals surface area (Å²) in [6.07, 6.45) is 79.1. The van der Waals surface area contributed by atoms with Crippen LogP contribution in [0.15, 0.2) is 134 Å². The molecule has 0 aliphatic carbocycles. The first-order valence-corrected chi connectivity index (χ1v) is 27.7. The molecule has 0 heterocycles. The van der Waals surface area contributed by atoms with Crippen LogP contribution in [0.5, 0.6) is 0 Å². The molecule has 1 atom stereocenters. The fourth-order valence-corrected chi connectivity index (χ4v) is 7.06. The fourth-order valence-electron chi connectivity index (χ4n) is 7.06. The first-order chi connectivity index (χ1) is 34.0. The number of carbonyl (C=O) groups excluding carboxylic acids is 3. The number of carbonyl (C=O) groups is 3. The summed E-state index contributed by atoms with van der Waals surface area (Å²) >= 11 is 0. The molecule has 0 aromatic heterocycles. The van der Waals surface area contributed by atoms with E-state index in [0.717, 1.165) is 83.5 Å². The Bertz CT molecular complexity index is 1510. The molecule has 0 amide bonds. The van der Waals surface area contributed by atoms with Gasteiger partial charge in [-0.15, -0.1) is 0 Å². The van der Waals surface area contributed by atoms with Crippen LogP contribution in [0, 0.1) is 0 Å². The Kier molecular flexibility index (Phi) is 52.5. The van der Waals surface area contributed by atoms with Crippen LogP contribution in [0.25, 0.3) is 0 Å². The van der Waals surface area contributed by atoms with E-state index in [0.29, 0.717) is 19.3 Å². The highest BCUT2D eigenvalue weighted by atomic mass is 16.6. The van der Waals surface area contributed by atoms with Gasteiger partial charge >= 0.3 is 17.9 Å². The van der Waals surface area contributed by atoms with Crippen molar-refractivity contribution in [1.29, 1.82) is 0 Å². The predicted molar refractivity (Wildman–Crippen MR) is 297 cm³/mol. The molecule has 0 aliphatic heterocycles. The van der Waals surface area contributed by atoms with Gasteiger partial charge in [-0.2, -0.15) is 0 Å². The first-order valence-electron chi connectivity index (χ1n) is 27.7. The zero-order valence-electron chi connectivity index (χ0n) is 44.3. The minimum atomic E-state index is -0.851. The standard InChI is InChI=1S/C63H100O6/c1-4-7-10-13-16-19-22-25-26-27-28-29-30-31-32-33-34-35-36-39-41-44-47-50-53-56-62(65)68-59-60(69-63(66)57-54-51-48-45-42-38-24-21-18-15-12-9-6-3)58-67-61(64)55-52-49-46-43-40-37-23-20-17-14-11-8-5-2/h8-9,11-12,17-18,20-22,25,27-28,30-31,37-38,40,42,46,48-49,51,60H,4-7,10,13-16,19,23-24,26,29,32-36,39,41,43-45,47,50,52-59H2,1-3H3/b11-8-,12-9-,20-17-,21-18-,25-22-,28-27-,31-30-,40-37-,42-38-,49-46-,51-48-. The Hall–Kier alpha value is -4.45. The summed E-state index contributed by atoms with van der Waals surface area (Å²) in [6.45, 7) is 6.25. The number of hydrogen-bond donors (Lipinski definition) is 0. The molecule has 0 spiro atoms. The molecule has 6 heteroatoms. The Balaban J connectivity index is 4.42. The summed E-state index contributed by atoms with van der Waals surface area (Å²) in [6, 6.07) is 0. The number of ether oxygens (including phenoxy) is 3. The molecule has 0 aliphatic rings. The lowest BCUT2D eigenvalue weighted by molar-refractivity contribution is -0.166. The third-order valence-corrected chi connectivity index (χ3v) is 11.1. The van der Waals surface area contributed by atoms with E-state index in [9.17, 15) is 14.4 Å². The van der Waals surface area contributed by atoms with Crippen LogP contribution in [0.4, 0.5) is 0 Å². The van der Waals surface area contributed by atoms with Crippen LogP contribution < -0.4 is 0 Å². The minimum Gasteiger partial charge on any atom is -0.462 e. The van der Waals surface area contributed by atoms with Gasteiger partial charge in [0.1, 0.15) is 13.2 Å². The summed E-state index contributed by atoms with van der Waals surface area (Å²) in [5.74, 6) is -1.11. The van der Waals surface area contributed by atoms with Gasteiger partial charge in [0.15, 0.2) is 6.10 Å². The smallest absolute Gasteiger partial charge is 0.306 e. The number of allylic oxidation sites excluding steroid dienone is 22. The molecule has 0 saturated carbocycles. The van der Waals surface area contributed by atoms with Gasteiger partial charge in [0.2, 0.25) is 0 Å². The molecule has 0 radical (unpaired) electrons. The maximum atomic E-state index is 12.8. The van der Waals surface area contributed by atoms with E-state index in [1.165, 1.54) is 89.9 Å². The number of unbranched alkanes of at least 4 members (excludes halogenated alkanes) is 15. The SMILES string of the molecule is CC/C=C\C/C=C\C/C=C\C/C=C\CCC(=O)OCC(COC(=O)CCCCCCCCCCCC/C=C\C/C=C\C/C=C\CCCCCCC)OC(=O)CC/C=C\C/C=C\C/C=C\C/C=C\CC. The maximum absolute atomic E-state index is 12.8. The van der Waals surface area contributed by atoms with E-state index in [1.54, 1.807) is 0 Å². The molecule has 0 fully saturated rings. The van der Waals surface area contributed by atoms with Gasteiger partial charge in [-0.3, -0.25) is 14.4 Å². The van der Waals surface area contributed by atoms with Crippen molar-refractivity contribution in [3.8, 4) is 0 Å². The molecular formula is C63H100O6. The third kappa shape index (κ3) is 54.4. The van der Waals surface area contributed by atoms with Crippen molar-refractivity contribution in [3.63, 3.8) is 0 Å². The molecule has 0 N–H and O–H groups in total. The van der Waals surface area contributed by atoms with Crippen molar-refractivity contribution in [3.05, 3.63) is 134 Å². The van der Waals surface area contributed by atoms with E-state index in [1.807, 2.05) is 24.3 Å². The van der Waals surface area contributed by atoms with Gasteiger partial charge in [0.05, 0.1) is 0 Å². The maximum Gasteiger partial charge on any atom is 0.306 e. The lowest BCUT2D eigenvalue weighted by atomic mass is 10.1. The predicted octanol–water partition coefficient (Wildman–Crippen LogP) is 18.6.